The van der Waals surface area contributed by atoms with Crippen LogP contribution in [0.5, 0.6) is 0 Å². The molecule has 0 unspecified atom stereocenters. The van der Waals surface area contributed by atoms with Gasteiger partial charge in [0.15, 0.2) is 5.12 Å². The maximum atomic E-state index is 15.5. The van der Waals surface area contributed by atoms with Crippen LogP contribution in [0.25, 0.3) is 11.1 Å². The summed E-state index contributed by atoms with van der Waals surface area (Å²) in [5.41, 5.74) is 6.03. The molecule has 0 aliphatic heterocycles. The molecule has 108 heavy (non-hydrogen) atoms. The number of hydrogen-bond donors (Lipinski definition) is 10. The van der Waals surface area contributed by atoms with Gasteiger partial charge in [-0.05, 0) is 55.5 Å². The van der Waals surface area contributed by atoms with E-state index in [2.05, 4.69) is 49.8 Å². The Balaban J connectivity index is 1.46. The molecule has 3 rings (SSSR count). The van der Waals surface area contributed by atoms with E-state index in [1.165, 1.54) is 18.7 Å². The lowest BCUT2D eigenvalue weighted by molar-refractivity contribution is -0.140. The van der Waals surface area contributed by atoms with Crippen LogP contribution in [0, 0.1) is 17.0 Å². The van der Waals surface area contributed by atoms with Gasteiger partial charge in [0.1, 0.15) is 42.4 Å². The van der Waals surface area contributed by atoms with Crippen molar-refractivity contribution < 1.29 is 119 Å². The number of carbonyl (C=O) groups is 10. The summed E-state index contributed by atoms with van der Waals surface area (Å²) in [6.45, 7) is 14.9. The molecule has 0 saturated carbocycles. The van der Waals surface area contributed by atoms with Gasteiger partial charge in [0.25, 0.3) is 0 Å². The number of nitrogens with two attached hydrogens (primary N) is 1. The first-order chi connectivity index (χ1) is 51.8. The van der Waals surface area contributed by atoms with E-state index in [0.717, 1.165) is 23.8 Å². The Labute approximate surface area is 635 Å². The molecular formula is C72H112F2N10O23S. The minimum atomic E-state index is -1.78. The molecule has 0 fully saturated rings. The van der Waals surface area contributed by atoms with Gasteiger partial charge in [-0.15, -0.1) is 12.6 Å². The second-order valence-corrected chi connectivity index (χ2v) is 25.8. The van der Waals surface area contributed by atoms with Crippen LogP contribution >= 0.6 is 12.6 Å². The van der Waals surface area contributed by atoms with Crippen LogP contribution in [0.15, 0.2) is 60.8 Å². The number of aliphatic hydroxyl groups is 1. The summed E-state index contributed by atoms with van der Waals surface area (Å²) >= 11 is 3.62. The number of aliphatic hydroxyl groups excluding tert-OH is 1. The van der Waals surface area contributed by atoms with Crippen molar-refractivity contribution >= 4 is 70.9 Å². The number of carbonyl (C=O) groups excluding carboxylic acids is 10. The number of hydrogen-bond acceptors (Lipinski definition) is 23. The molecule has 0 aliphatic carbocycles. The fourth-order valence-electron chi connectivity index (χ4n) is 10.1. The molecule has 1 heterocycles. The van der Waals surface area contributed by atoms with Crippen LogP contribution in [-0.2, 0) is 111 Å². The van der Waals surface area contributed by atoms with Gasteiger partial charge in [0.2, 0.25) is 53.2 Å². The summed E-state index contributed by atoms with van der Waals surface area (Å²) in [6, 6.07) is 6.75. The van der Waals surface area contributed by atoms with Crippen molar-refractivity contribution in [3.05, 3.63) is 83.7 Å². The minimum absolute atomic E-state index is 0.0117. The highest BCUT2D eigenvalue weighted by molar-refractivity contribution is 7.96. The minimum Gasteiger partial charge on any atom is -0.387 e. The monoisotopic (exact) mass is 1550 g/mol. The summed E-state index contributed by atoms with van der Waals surface area (Å²) in [5, 5.41) is 27.3. The number of ether oxygens (including phenoxy) is 12. The van der Waals surface area contributed by atoms with Crippen molar-refractivity contribution in [3.8, 4) is 11.1 Å². The maximum absolute atomic E-state index is 15.5. The molecular weight excluding hydrogens is 1440 g/mol. The van der Waals surface area contributed by atoms with Gasteiger partial charge in [-0.3, -0.25) is 47.9 Å². The fourth-order valence-corrected chi connectivity index (χ4v) is 10.2. The zero-order chi connectivity index (χ0) is 79.3. The number of amides is 9. The number of nitrogens with zero attached hydrogens (tertiary/aromatic N) is 2. The van der Waals surface area contributed by atoms with Crippen molar-refractivity contribution in [3.63, 3.8) is 0 Å². The lowest BCUT2D eigenvalue weighted by Gasteiger charge is -2.41. The summed E-state index contributed by atoms with van der Waals surface area (Å²) in [7, 11) is 1.62. The molecule has 9 amide bonds. The Bertz CT molecular complexity index is 3140. The molecule has 0 aliphatic rings. The molecule has 36 heteroatoms. The Morgan fingerprint density at radius 1 is 0.537 bits per heavy atom. The number of benzene rings is 2. The van der Waals surface area contributed by atoms with Crippen LogP contribution in [0.2, 0.25) is 0 Å². The Hall–Kier alpha value is -7.69. The normalized spacial score (nSPS) is 12.8. The van der Waals surface area contributed by atoms with E-state index in [1.807, 2.05) is 30.3 Å². The largest absolute Gasteiger partial charge is 0.387 e. The lowest BCUT2D eigenvalue weighted by atomic mass is 9.82. The van der Waals surface area contributed by atoms with Crippen LogP contribution < -0.4 is 43.0 Å². The van der Waals surface area contributed by atoms with Crippen molar-refractivity contribution in [2.75, 3.05) is 192 Å². The maximum Gasteiger partial charge on any atom is 0.248 e. The number of primary amides is 1. The number of rotatable bonds is 63. The average molecular weight is 1560 g/mol. The van der Waals surface area contributed by atoms with Crippen molar-refractivity contribution in [1.82, 2.24) is 46.7 Å². The first kappa shape index (κ1) is 94.5. The number of methoxy groups -OCH3 is 1. The van der Waals surface area contributed by atoms with Gasteiger partial charge in [0, 0.05) is 75.6 Å². The quantitative estimate of drug-likeness (QED) is 0.0271. The SMILES string of the molecule is COCCOCCOCCOCCOCCOCCOCCOCCOCCOCCOCCOCCC(=O)N[C@@H](C)C(=O)N[C@H](C)C(=O)N[C@@H](CC(N)=O)C(=O)N[C@@H](CCN(C(=O)CO)[C@@H](c1cc(-c2cc(F)ccc2F)cn1Cc1ccccc1)C(C)(C)C)C(=O)NCCNC(=O)CNC(=O)CCC(=O)S. The highest BCUT2D eigenvalue weighted by Crippen LogP contribution is 2.41. The second-order valence-electron chi connectivity index (χ2n) is 25.3. The van der Waals surface area contributed by atoms with Crippen molar-refractivity contribution in [2.24, 2.45) is 11.1 Å². The third-order valence-electron chi connectivity index (χ3n) is 15.5. The summed E-state index contributed by atoms with van der Waals surface area (Å²) < 4.78 is 97.1. The lowest BCUT2D eigenvalue weighted by Crippen LogP contribution is -2.58. The molecule has 2 aromatic carbocycles. The van der Waals surface area contributed by atoms with E-state index >= 15 is 4.39 Å². The number of nitrogens with one attached hydrogen (secondary N) is 7. The van der Waals surface area contributed by atoms with Crippen molar-refractivity contribution in [1.29, 1.82) is 0 Å². The Morgan fingerprint density at radius 2 is 1.01 bits per heavy atom. The first-order valence-electron chi connectivity index (χ1n) is 35.8. The molecule has 0 saturated heterocycles. The van der Waals surface area contributed by atoms with E-state index in [-0.39, 0.29) is 76.5 Å². The molecule has 1 aromatic heterocycles. The van der Waals surface area contributed by atoms with Crippen LogP contribution in [0.4, 0.5) is 8.78 Å². The molecule has 608 valence electrons. The van der Waals surface area contributed by atoms with E-state index < -0.39 is 138 Å². The zero-order valence-electron chi connectivity index (χ0n) is 62.8. The van der Waals surface area contributed by atoms with Gasteiger partial charge >= 0.3 is 0 Å². The molecule has 33 nitrogen and oxygen atoms in total. The third-order valence-corrected chi connectivity index (χ3v) is 15.7. The van der Waals surface area contributed by atoms with Gasteiger partial charge in [-0.2, -0.15) is 0 Å². The number of thiol groups is 1. The second kappa shape index (κ2) is 56.5. The standard InChI is InChI=1S/C72H112F2N10O23S/c1-51(79-63(88)17-21-97-24-25-99-28-29-101-32-33-103-36-37-105-40-41-107-43-42-106-39-38-104-35-34-102-31-30-100-27-26-98-23-22-96-6)68(92)80-52(2)69(93)82-59(46-61(75)86)71(95)81-58(70(94)77-19-18-76-64(89)47-78-62(87)14-15-66(91)108)16-20-84(65(90)50-85)67(72(3,4)5)60-44-54(56-45-55(73)12-13-57(56)74)49-83(60)48-53-10-8-7-9-11-53/h7-13,44-45,49,51-52,58-59,67,85H,14-43,46-48,50H2,1-6H3,(H2,75,86)(H,76,89)(H,77,94)(H,78,87)(H,79,88)(H,80,92)(H,81,95)(H,82,93)(H,91,108)/t51-,52+,58-,59-,67-/m0/s1. The average Bonchev–Trinajstić information content (AvgIpc) is 1.60. The molecule has 3 aromatic rings. The topological polar surface area (TPSA) is 420 Å². The van der Waals surface area contributed by atoms with E-state index in [1.54, 1.807) is 44.7 Å². The Kier molecular flexibility index (Phi) is 49.5. The summed E-state index contributed by atoms with van der Waals surface area (Å²) in [5.74, 6) is -8.96. The summed E-state index contributed by atoms with van der Waals surface area (Å²) in [6.07, 6.45) is -0.130. The predicted octanol–water partition coefficient (Wildman–Crippen LogP) is 0.438. The van der Waals surface area contributed by atoms with Gasteiger partial charge in [0.05, 0.1) is 171 Å². The molecule has 0 spiro atoms. The van der Waals surface area contributed by atoms with Gasteiger partial charge in [-0.1, -0.05) is 51.1 Å². The predicted molar refractivity (Wildman–Crippen MR) is 392 cm³/mol. The first-order valence-corrected chi connectivity index (χ1v) is 36.2. The Morgan fingerprint density at radius 3 is 1.49 bits per heavy atom. The molecule has 0 radical (unpaired) electrons. The van der Waals surface area contributed by atoms with Gasteiger partial charge < -0.3 is 114 Å². The molecule has 5 atom stereocenters. The van der Waals surface area contributed by atoms with Crippen molar-refractivity contribution in [2.45, 2.75) is 103 Å². The third kappa shape index (κ3) is 42.3. The molecule has 10 N–H and O–H groups in total. The fraction of sp³-hybridized carbons (Fsp3) is 0.639. The number of halogens is 2. The van der Waals surface area contributed by atoms with Crippen LogP contribution in [0.3, 0.4) is 0 Å². The zero-order valence-corrected chi connectivity index (χ0v) is 63.7. The number of aromatic nitrogens is 1. The van der Waals surface area contributed by atoms with Crippen LogP contribution in [-0.4, -0.2) is 289 Å². The highest BCUT2D eigenvalue weighted by atomic mass is 32.1. The summed E-state index contributed by atoms with van der Waals surface area (Å²) in [4.78, 5) is 132. The van der Waals surface area contributed by atoms with Crippen LogP contribution in [0.1, 0.15) is 84.0 Å². The highest BCUT2D eigenvalue weighted by Gasteiger charge is 2.39. The molecule has 0 bridgehead atoms. The smallest absolute Gasteiger partial charge is 0.248 e. The van der Waals surface area contributed by atoms with Gasteiger partial charge in [-0.25, -0.2) is 8.78 Å². The van der Waals surface area contributed by atoms with E-state index in [4.69, 9.17) is 62.6 Å². The van der Waals surface area contributed by atoms with E-state index in [9.17, 15) is 57.4 Å². The van der Waals surface area contributed by atoms with E-state index in [0.29, 0.717) is 131 Å².